The highest BCUT2D eigenvalue weighted by molar-refractivity contribution is 5.92. The summed E-state index contributed by atoms with van der Waals surface area (Å²) in [6.45, 7) is 1.34. The van der Waals surface area contributed by atoms with Gasteiger partial charge in [0.2, 0.25) is 5.89 Å². The van der Waals surface area contributed by atoms with Gasteiger partial charge in [0.15, 0.2) is 5.82 Å². The molecule has 1 aliphatic carbocycles. The van der Waals surface area contributed by atoms with E-state index >= 15 is 0 Å². The smallest absolute Gasteiger partial charge is 0.272 e. The van der Waals surface area contributed by atoms with Crippen molar-refractivity contribution in [3.05, 3.63) is 41.8 Å². The first-order valence-electron chi connectivity index (χ1n) is 8.35. The average Bonchev–Trinajstić information content (AvgIpc) is 3.34. The zero-order chi connectivity index (χ0) is 15.6. The van der Waals surface area contributed by atoms with Crippen LogP contribution in [0, 0.1) is 0 Å². The highest BCUT2D eigenvalue weighted by atomic mass is 16.5. The monoisotopic (exact) mass is 312 g/mol. The van der Waals surface area contributed by atoms with Gasteiger partial charge in [-0.15, -0.1) is 0 Å². The number of rotatable bonds is 3. The Morgan fingerprint density at radius 1 is 1.17 bits per heavy atom. The third-order valence-electron chi connectivity index (χ3n) is 4.89. The predicted molar refractivity (Wildman–Crippen MR) is 83.0 cm³/mol. The Morgan fingerprint density at radius 2 is 2.04 bits per heavy atom. The molecule has 4 rings (SSSR count). The van der Waals surface area contributed by atoms with Crippen molar-refractivity contribution in [3.63, 3.8) is 0 Å². The van der Waals surface area contributed by atoms with Crippen molar-refractivity contribution in [2.24, 2.45) is 0 Å². The van der Waals surface area contributed by atoms with Gasteiger partial charge < -0.3 is 9.42 Å². The Hall–Kier alpha value is -2.24. The van der Waals surface area contributed by atoms with Crippen LogP contribution in [0.15, 0.2) is 28.9 Å². The van der Waals surface area contributed by atoms with E-state index in [1.807, 2.05) is 17.0 Å². The summed E-state index contributed by atoms with van der Waals surface area (Å²) in [6, 6.07) is 5.40. The van der Waals surface area contributed by atoms with E-state index in [1.165, 1.54) is 12.8 Å². The van der Waals surface area contributed by atoms with Crippen molar-refractivity contribution in [2.45, 2.75) is 43.9 Å². The molecule has 1 saturated heterocycles. The van der Waals surface area contributed by atoms with Gasteiger partial charge in [-0.1, -0.05) is 24.1 Å². The number of pyridine rings is 1. The zero-order valence-electron chi connectivity index (χ0n) is 13.0. The molecule has 120 valence electrons. The van der Waals surface area contributed by atoms with Crippen molar-refractivity contribution >= 4 is 5.91 Å². The van der Waals surface area contributed by atoms with E-state index in [1.54, 1.807) is 12.3 Å². The summed E-state index contributed by atoms with van der Waals surface area (Å²) in [7, 11) is 0. The second kappa shape index (κ2) is 6.10. The summed E-state index contributed by atoms with van der Waals surface area (Å²) in [5, 5.41) is 4.17. The number of hydrogen-bond donors (Lipinski definition) is 0. The summed E-state index contributed by atoms with van der Waals surface area (Å²) in [6.07, 6.45) is 7.34. The summed E-state index contributed by atoms with van der Waals surface area (Å²) in [5.74, 6) is 2.12. The van der Waals surface area contributed by atoms with Crippen LogP contribution in [0.1, 0.15) is 66.1 Å². The highest BCUT2D eigenvalue weighted by Crippen LogP contribution is 2.34. The van der Waals surface area contributed by atoms with Gasteiger partial charge >= 0.3 is 0 Å². The zero-order valence-corrected chi connectivity index (χ0v) is 13.0. The lowest BCUT2D eigenvalue weighted by atomic mass is 10.1. The van der Waals surface area contributed by atoms with Gasteiger partial charge in [0, 0.05) is 25.2 Å². The molecule has 1 atom stereocenters. The summed E-state index contributed by atoms with van der Waals surface area (Å²) in [4.78, 5) is 23.0. The summed E-state index contributed by atoms with van der Waals surface area (Å²) >= 11 is 0. The molecule has 2 aromatic heterocycles. The molecular formula is C17H20N4O2. The Balaban J connectivity index is 1.43. The van der Waals surface area contributed by atoms with Gasteiger partial charge in [-0.3, -0.25) is 9.78 Å². The van der Waals surface area contributed by atoms with Crippen molar-refractivity contribution in [1.82, 2.24) is 20.0 Å². The molecule has 6 nitrogen and oxygen atoms in total. The largest absolute Gasteiger partial charge is 0.339 e. The van der Waals surface area contributed by atoms with Crippen LogP contribution in [0.4, 0.5) is 0 Å². The standard InChI is InChI=1S/C17H20N4O2/c22-17(14-7-3-4-9-18-14)21-10-8-13(11-21)16-19-15(20-23-16)12-5-1-2-6-12/h3-4,7,9,12-13H,1-2,5-6,8,10-11H2. The van der Waals surface area contributed by atoms with Crippen LogP contribution in [-0.4, -0.2) is 39.0 Å². The maximum atomic E-state index is 12.4. The fourth-order valence-electron chi connectivity index (χ4n) is 3.56. The fourth-order valence-corrected chi connectivity index (χ4v) is 3.56. The minimum absolute atomic E-state index is 0.0244. The molecule has 2 fully saturated rings. The van der Waals surface area contributed by atoms with E-state index in [4.69, 9.17) is 4.52 Å². The Morgan fingerprint density at radius 3 is 2.83 bits per heavy atom. The van der Waals surface area contributed by atoms with Crippen LogP contribution in [-0.2, 0) is 0 Å². The lowest BCUT2D eigenvalue weighted by Gasteiger charge is -2.14. The van der Waals surface area contributed by atoms with Crippen LogP contribution >= 0.6 is 0 Å². The average molecular weight is 312 g/mol. The first-order valence-corrected chi connectivity index (χ1v) is 8.35. The SMILES string of the molecule is O=C(c1ccccn1)N1CCC(c2nc(C3CCCC3)no2)C1. The Labute approximate surface area is 134 Å². The van der Waals surface area contributed by atoms with Crippen LogP contribution in [0.3, 0.4) is 0 Å². The molecule has 1 saturated carbocycles. The van der Waals surface area contributed by atoms with Crippen LogP contribution in [0.2, 0.25) is 0 Å². The number of carbonyl (C=O) groups is 1. The van der Waals surface area contributed by atoms with Gasteiger partial charge in [-0.05, 0) is 31.4 Å². The molecule has 2 aromatic rings. The number of amides is 1. The first-order chi connectivity index (χ1) is 11.3. The van der Waals surface area contributed by atoms with E-state index in [0.717, 1.165) is 25.1 Å². The van der Waals surface area contributed by atoms with E-state index in [0.29, 0.717) is 30.6 Å². The van der Waals surface area contributed by atoms with Crippen LogP contribution in [0.25, 0.3) is 0 Å². The predicted octanol–water partition coefficient (Wildman–Crippen LogP) is 2.75. The van der Waals surface area contributed by atoms with Gasteiger partial charge in [-0.2, -0.15) is 4.98 Å². The lowest BCUT2D eigenvalue weighted by Crippen LogP contribution is -2.29. The fraction of sp³-hybridized carbons (Fsp3) is 0.529. The molecule has 23 heavy (non-hydrogen) atoms. The van der Waals surface area contributed by atoms with E-state index < -0.39 is 0 Å². The number of carbonyl (C=O) groups excluding carboxylic acids is 1. The first kappa shape index (κ1) is 14.4. The second-order valence-corrected chi connectivity index (χ2v) is 6.42. The molecule has 1 amide bonds. The maximum Gasteiger partial charge on any atom is 0.272 e. The quantitative estimate of drug-likeness (QED) is 0.871. The molecule has 1 aliphatic heterocycles. The van der Waals surface area contributed by atoms with E-state index in [-0.39, 0.29) is 11.8 Å². The molecule has 0 bridgehead atoms. The number of nitrogens with zero attached hydrogens (tertiary/aromatic N) is 4. The molecule has 0 radical (unpaired) electrons. The Bertz CT molecular complexity index is 679. The second-order valence-electron chi connectivity index (χ2n) is 6.42. The molecule has 3 heterocycles. The summed E-state index contributed by atoms with van der Waals surface area (Å²) in [5.41, 5.74) is 0.491. The van der Waals surface area contributed by atoms with Crippen LogP contribution in [0.5, 0.6) is 0 Å². The summed E-state index contributed by atoms with van der Waals surface area (Å²) < 4.78 is 5.48. The lowest BCUT2D eigenvalue weighted by molar-refractivity contribution is 0.0784. The Kier molecular flexibility index (Phi) is 3.81. The topological polar surface area (TPSA) is 72.1 Å². The number of aromatic nitrogens is 3. The minimum atomic E-state index is -0.0244. The third-order valence-corrected chi connectivity index (χ3v) is 4.89. The van der Waals surface area contributed by atoms with E-state index in [2.05, 4.69) is 15.1 Å². The number of hydrogen-bond acceptors (Lipinski definition) is 5. The molecular weight excluding hydrogens is 292 g/mol. The highest BCUT2D eigenvalue weighted by Gasteiger charge is 2.33. The van der Waals surface area contributed by atoms with Crippen LogP contribution < -0.4 is 0 Å². The number of likely N-dealkylation sites (tertiary alicyclic amines) is 1. The molecule has 2 aliphatic rings. The molecule has 0 aromatic carbocycles. The third kappa shape index (κ3) is 2.85. The molecule has 1 unspecified atom stereocenters. The normalized spacial score (nSPS) is 21.9. The van der Waals surface area contributed by atoms with Crippen molar-refractivity contribution in [2.75, 3.05) is 13.1 Å². The molecule has 0 N–H and O–H groups in total. The van der Waals surface area contributed by atoms with Crippen molar-refractivity contribution in [1.29, 1.82) is 0 Å². The van der Waals surface area contributed by atoms with Crippen molar-refractivity contribution in [3.8, 4) is 0 Å². The molecule has 0 spiro atoms. The molecule has 6 heteroatoms. The minimum Gasteiger partial charge on any atom is -0.339 e. The van der Waals surface area contributed by atoms with Crippen molar-refractivity contribution < 1.29 is 9.32 Å². The van der Waals surface area contributed by atoms with Gasteiger partial charge in [0.25, 0.3) is 5.91 Å². The van der Waals surface area contributed by atoms with E-state index in [9.17, 15) is 4.79 Å². The maximum absolute atomic E-state index is 12.4. The van der Waals surface area contributed by atoms with Gasteiger partial charge in [0.1, 0.15) is 5.69 Å². The van der Waals surface area contributed by atoms with Gasteiger partial charge in [0.05, 0.1) is 5.92 Å². The van der Waals surface area contributed by atoms with Gasteiger partial charge in [-0.25, -0.2) is 0 Å².